The van der Waals surface area contributed by atoms with Crippen LogP contribution in [0.3, 0.4) is 0 Å². The van der Waals surface area contributed by atoms with Gasteiger partial charge in [-0.25, -0.2) is 8.78 Å². The van der Waals surface area contributed by atoms with Crippen molar-refractivity contribution in [3.63, 3.8) is 0 Å². The van der Waals surface area contributed by atoms with Crippen LogP contribution in [0.5, 0.6) is 0 Å². The van der Waals surface area contributed by atoms with E-state index in [1.807, 2.05) is 30.3 Å². The van der Waals surface area contributed by atoms with Gasteiger partial charge in [0, 0.05) is 5.56 Å². The zero-order valence-corrected chi connectivity index (χ0v) is 8.77. The molecular weight excluding hydrogens is 214 g/mol. The summed E-state index contributed by atoms with van der Waals surface area (Å²) in [7, 11) is 0. The average molecular weight is 228 g/mol. The molecule has 0 amide bonds. The zero-order valence-electron chi connectivity index (χ0n) is 8.77. The van der Waals surface area contributed by atoms with Gasteiger partial charge in [0.2, 0.25) is 0 Å². The highest BCUT2D eigenvalue weighted by Crippen LogP contribution is 1.97. The smallest absolute Gasteiger partial charge is 0.261 e. The Morgan fingerprint density at radius 3 is 2.62 bits per heavy atom. The van der Waals surface area contributed by atoms with Crippen LogP contribution in [0.25, 0.3) is 0 Å². The topological polar surface area (TPSA) is 47.6 Å². The molecule has 88 valence electrons. The molecule has 0 aliphatic carbocycles. The normalized spacial score (nSPS) is 12.1. The third-order valence-electron chi connectivity index (χ3n) is 1.83. The molecule has 0 spiro atoms. The minimum Gasteiger partial charge on any atom is -0.384 e. The van der Waals surface area contributed by atoms with Crippen molar-refractivity contribution in [3.05, 3.63) is 35.9 Å². The molecule has 1 aromatic rings. The molecule has 0 saturated carbocycles. The molecule has 16 heavy (non-hydrogen) atoms. The predicted molar refractivity (Wildman–Crippen MR) is 58.9 cm³/mol. The number of rotatable bonds is 6. The molecule has 0 aromatic heterocycles. The Kier molecular flexibility index (Phi) is 5.42. The summed E-state index contributed by atoms with van der Waals surface area (Å²) in [5.41, 5.74) is 6.50. The van der Waals surface area contributed by atoms with Crippen molar-refractivity contribution in [3.8, 4) is 0 Å². The van der Waals surface area contributed by atoms with Crippen molar-refractivity contribution in [1.82, 2.24) is 0 Å². The van der Waals surface area contributed by atoms with Crippen LogP contribution >= 0.6 is 0 Å². The van der Waals surface area contributed by atoms with Crippen LogP contribution in [-0.2, 0) is 4.74 Å². The number of hydrogen-bond donors (Lipinski definition) is 1. The summed E-state index contributed by atoms with van der Waals surface area (Å²) in [6.07, 6.45) is -2.43. The molecule has 3 nitrogen and oxygen atoms in total. The molecule has 0 radical (unpaired) electrons. The summed E-state index contributed by atoms with van der Waals surface area (Å²) in [6.45, 7) is -0.119. The summed E-state index contributed by atoms with van der Waals surface area (Å²) in [4.78, 5) is 4.02. The second-order valence-corrected chi connectivity index (χ2v) is 3.10. The summed E-state index contributed by atoms with van der Waals surface area (Å²) < 4.78 is 28.1. The first-order valence-electron chi connectivity index (χ1n) is 4.91. The number of benzene rings is 1. The Morgan fingerprint density at radius 1 is 1.31 bits per heavy atom. The van der Waals surface area contributed by atoms with E-state index in [-0.39, 0.29) is 13.2 Å². The number of aliphatic imine (C=N–C) groups is 1. The molecule has 5 heteroatoms. The Labute approximate surface area is 92.9 Å². The fraction of sp³-hybridized carbons (Fsp3) is 0.364. The molecule has 0 fully saturated rings. The number of hydrogen-bond acceptors (Lipinski definition) is 2. The maximum absolute atomic E-state index is 11.7. The Balaban J connectivity index is 2.29. The van der Waals surface area contributed by atoms with E-state index >= 15 is 0 Å². The summed E-state index contributed by atoms with van der Waals surface area (Å²) in [6, 6.07) is 9.25. The second-order valence-electron chi connectivity index (χ2n) is 3.10. The number of halogens is 2. The third-order valence-corrected chi connectivity index (χ3v) is 1.83. The van der Waals surface area contributed by atoms with Crippen LogP contribution in [-0.4, -0.2) is 32.0 Å². The number of nitrogens with two attached hydrogens (primary N) is 1. The molecular formula is C11H14F2N2O. The molecule has 0 aliphatic heterocycles. The largest absolute Gasteiger partial charge is 0.384 e. The van der Waals surface area contributed by atoms with Crippen LogP contribution < -0.4 is 5.73 Å². The van der Waals surface area contributed by atoms with Gasteiger partial charge >= 0.3 is 0 Å². The number of amidine groups is 1. The van der Waals surface area contributed by atoms with Crippen LogP contribution in [0.15, 0.2) is 35.3 Å². The van der Waals surface area contributed by atoms with Gasteiger partial charge in [0.15, 0.2) is 0 Å². The van der Waals surface area contributed by atoms with Gasteiger partial charge < -0.3 is 10.5 Å². The van der Waals surface area contributed by atoms with Crippen molar-refractivity contribution in [2.75, 3.05) is 19.8 Å². The Bertz CT molecular complexity index is 328. The quantitative estimate of drug-likeness (QED) is 0.457. The molecule has 0 aliphatic rings. The first-order chi connectivity index (χ1) is 7.70. The van der Waals surface area contributed by atoms with E-state index in [9.17, 15) is 8.78 Å². The van der Waals surface area contributed by atoms with Crippen LogP contribution in [0.2, 0.25) is 0 Å². The van der Waals surface area contributed by atoms with Gasteiger partial charge in [-0.1, -0.05) is 30.3 Å². The Morgan fingerprint density at radius 2 is 2.00 bits per heavy atom. The predicted octanol–water partition coefficient (Wildman–Crippen LogP) is 1.67. The SMILES string of the molecule is NC(=NCCOCC(F)F)c1ccccc1. The number of alkyl halides is 2. The lowest BCUT2D eigenvalue weighted by Gasteiger charge is -2.02. The van der Waals surface area contributed by atoms with E-state index in [1.165, 1.54) is 0 Å². The van der Waals surface area contributed by atoms with E-state index in [1.54, 1.807) is 0 Å². The van der Waals surface area contributed by atoms with Crippen LogP contribution in [0.4, 0.5) is 8.78 Å². The van der Waals surface area contributed by atoms with Gasteiger partial charge in [-0.05, 0) is 0 Å². The highest BCUT2D eigenvalue weighted by atomic mass is 19.3. The fourth-order valence-corrected chi connectivity index (χ4v) is 1.10. The molecule has 2 N–H and O–H groups in total. The van der Waals surface area contributed by atoms with Crippen molar-refractivity contribution < 1.29 is 13.5 Å². The van der Waals surface area contributed by atoms with E-state index < -0.39 is 13.0 Å². The summed E-state index contributed by atoms with van der Waals surface area (Å²) in [5.74, 6) is 0.390. The molecule has 1 aromatic carbocycles. The van der Waals surface area contributed by atoms with Gasteiger partial charge in [0.05, 0.1) is 13.2 Å². The third kappa shape index (κ3) is 4.84. The summed E-state index contributed by atoms with van der Waals surface area (Å²) in [5, 5.41) is 0. The van der Waals surface area contributed by atoms with Gasteiger partial charge in [0.1, 0.15) is 12.4 Å². The van der Waals surface area contributed by atoms with E-state index in [0.29, 0.717) is 5.84 Å². The highest BCUT2D eigenvalue weighted by Gasteiger charge is 2.01. The second kappa shape index (κ2) is 6.90. The average Bonchev–Trinajstić information content (AvgIpc) is 2.29. The highest BCUT2D eigenvalue weighted by molar-refractivity contribution is 5.97. The fourth-order valence-electron chi connectivity index (χ4n) is 1.10. The lowest BCUT2D eigenvalue weighted by molar-refractivity contribution is 0.0207. The molecule has 1 rings (SSSR count). The van der Waals surface area contributed by atoms with E-state index in [4.69, 9.17) is 5.73 Å². The van der Waals surface area contributed by atoms with Crippen molar-refractivity contribution in [2.24, 2.45) is 10.7 Å². The maximum atomic E-state index is 11.7. The van der Waals surface area contributed by atoms with Gasteiger partial charge in [-0.2, -0.15) is 0 Å². The first-order valence-corrected chi connectivity index (χ1v) is 4.91. The monoisotopic (exact) mass is 228 g/mol. The molecule has 0 bridgehead atoms. The lowest BCUT2D eigenvalue weighted by atomic mass is 10.2. The van der Waals surface area contributed by atoms with E-state index in [2.05, 4.69) is 9.73 Å². The first kappa shape index (κ1) is 12.6. The molecule has 0 heterocycles. The summed E-state index contributed by atoms with van der Waals surface area (Å²) >= 11 is 0. The number of nitrogens with zero attached hydrogens (tertiary/aromatic N) is 1. The van der Waals surface area contributed by atoms with Crippen molar-refractivity contribution in [1.29, 1.82) is 0 Å². The minimum atomic E-state index is -2.43. The van der Waals surface area contributed by atoms with Crippen LogP contribution in [0, 0.1) is 0 Å². The number of ether oxygens (including phenoxy) is 1. The van der Waals surface area contributed by atoms with Crippen LogP contribution in [0.1, 0.15) is 5.56 Å². The standard InChI is InChI=1S/C11H14F2N2O/c12-10(13)8-16-7-6-15-11(14)9-4-2-1-3-5-9/h1-5,10H,6-8H2,(H2,14,15). The van der Waals surface area contributed by atoms with Gasteiger partial charge in [0.25, 0.3) is 6.43 Å². The van der Waals surface area contributed by atoms with Gasteiger partial charge in [-0.15, -0.1) is 0 Å². The lowest BCUT2D eigenvalue weighted by Crippen LogP contribution is -2.15. The molecule has 0 atom stereocenters. The molecule has 0 unspecified atom stereocenters. The van der Waals surface area contributed by atoms with Crippen molar-refractivity contribution in [2.45, 2.75) is 6.43 Å². The minimum absolute atomic E-state index is 0.151. The van der Waals surface area contributed by atoms with Crippen molar-refractivity contribution >= 4 is 5.84 Å². The molecule has 0 saturated heterocycles. The zero-order chi connectivity index (χ0) is 11.8. The Hall–Kier alpha value is -1.49. The van der Waals surface area contributed by atoms with Gasteiger partial charge in [-0.3, -0.25) is 4.99 Å². The maximum Gasteiger partial charge on any atom is 0.261 e. The van der Waals surface area contributed by atoms with E-state index in [0.717, 1.165) is 5.56 Å².